The largest absolute Gasteiger partial charge is 0.480 e. The highest BCUT2D eigenvalue weighted by atomic mass is 16.4. The lowest BCUT2D eigenvalue weighted by Gasteiger charge is -2.28. The zero-order chi connectivity index (χ0) is 24.8. The van der Waals surface area contributed by atoms with E-state index in [4.69, 9.17) is 21.7 Å². The summed E-state index contributed by atoms with van der Waals surface area (Å²) in [5, 5.41) is 25.8. The Morgan fingerprint density at radius 1 is 0.906 bits per heavy atom. The molecule has 0 aromatic carbocycles. The number of hydrogen-bond donors (Lipinski definition) is 7. The molecular formula is C21H41N5O6. The molecule has 0 aromatic heterocycles. The van der Waals surface area contributed by atoms with E-state index in [2.05, 4.69) is 16.0 Å². The standard InChI is InChI=1S/C21H41N5O6/c1-5-13(4)17(26-18(28)14(23)8-6-7-9-22)20(30)24-15(10-12(2)3)19(29)25-16(11-27)21(31)32/h12-17,27H,5-11,22-23H2,1-4H3,(H,24,30)(H,25,29)(H,26,28)(H,31,32). The van der Waals surface area contributed by atoms with Gasteiger partial charge in [-0.25, -0.2) is 4.79 Å². The van der Waals surface area contributed by atoms with Gasteiger partial charge in [0.1, 0.15) is 18.1 Å². The number of unbranched alkanes of at least 4 members (excludes halogenated alkanes) is 1. The molecule has 11 nitrogen and oxygen atoms in total. The zero-order valence-electron chi connectivity index (χ0n) is 19.6. The minimum atomic E-state index is -1.48. The first kappa shape index (κ1) is 29.8. The number of aliphatic hydroxyl groups is 1. The molecule has 0 fully saturated rings. The fourth-order valence-electron chi connectivity index (χ4n) is 3.02. The first-order valence-corrected chi connectivity index (χ1v) is 11.2. The van der Waals surface area contributed by atoms with Gasteiger partial charge in [-0.15, -0.1) is 0 Å². The number of rotatable bonds is 16. The second-order valence-electron chi connectivity index (χ2n) is 8.54. The van der Waals surface area contributed by atoms with Crippen molar-refractivity contribution >= 4 is 23.7 Å². The Balaban J connectivity index is 5.38. The number of nitrogens with two attached hydrogens (primary N) is 2. The van der Waals surface area contributed by atoms with E-state index in [1.807, 2.05) is 20.8 Å². The smallest absolute Gasteiger partial charge is 0.328 e. The van der Waals surface area contributed by atoms with Crippen molar-refractivity contribution in [1.29, 1.82) is 0 Å². The highest BCUT2D eigenvalue weighted by Gasteiger charge is 2.32. The summed E-state index contributed by atoms with van der Waals surface area (Å²) in [7, 11) is 0. The molecule has 0 saturated heterocycles. The molecule has 0 saturated carbocycles. The lowest BCUT2D eigenvalue weighted by Crippen LogP contribution is -2.59. The summed E-state index contributed by atoms with van der Waals surface area (Å²) in [6.07, 6.45) is 2.71. The maximum absolute atomic E-state index is 13.0. The van der Waals surface area contributed by atoms with Crippen LogP contribution in [0.3, 0.4) is 0 Å². The van der Waals surface area contributed by atoms with E-state index in [1.165, 1.54) is 0 Å². The van der Waals surface area contributed by atoms with Crippen LogP contribution >= 0.6 is 0 Å². The number of carbonyl (C=O) groups excluding carboxylic acids is 3. The molecule has 5 unspecified atom stereocenters. The van der Waals surface area contributed by atoms with Gasteiger partial charge < -0.3 is 37.6 Å². The minimum absolute atomic E-state index is 0.0102. The number of carboxylic acid groups (broad SMARTS) is 1. The van der Waals surface area contributed by atoms with Crippen LogP contribution in [0.4, 0.5) is 0 Å². The van der Waals surface area contributed by atoms with Crippen LogP contribution in [0.2, 0.25) is 0 Å². The molecule has 5 atom stereocenters. The van der Waals surface area contributed by atoms with E-state index in [-0.39, 0.29) is 18.3 Å². The topological polar surface area (TPSA) is 197 Å². The second-order valence-corrected chi connectivity index (χ2v) is 8.54. The van der Waals surface area contributed by atoms with Gasteiger partial charge in [-0.3, -0.25) is 14.4 Å². The summed E-state index contributed by atoms with van der Waals surface area (Å²) in [5.41, 5.74) is 11.4. The van der Waals surface area contributed by atoms with Crippen LogP contribution in [0, 0.1) is 11.8 Å². The Morgan fingerprint density at radius 2 is 1.50 bits per heavy atom. The lowest BCUT2D eigenvalue weighted by atomic mass is 9.96. The Bertz CT molecular complexity index is 615. The quantitative estimate of drug-likeness (QED) is 0.144. The van der Waals surface area contributed by atoms with Gasteiger partial charge in [0.05, 0.1) is 12.6 Å². The molecule has 0 heterocycles. The van der Waals surface area contributed by atoms with Gasteiger partial charge in [0, 0.05) is 0 Å². The van der Waals surface area contributed by atoms with Gasteiger partial charge in [-0.05, 0) is 37.6 Å². The minimum Gasteiger partial charge on any atom is -0.480 e. The number of nitrogens with one attached hydrogen (secondary N) is 3. The first-order chi connectivity index (χ1) is 15.0. The van der Waals surface area contributed by atoms with Crippen LogP contribution < -0.4 is 27.4 Å². The molecule has 0 aliphatic heterocycles. The van der Waals surface area contributed by atoms with E-state index < -0.39 is 54.5 Å². The van der Waals surface area contributed by atoms with Crippen LogP contribution in [0.25, 0.3) is 0 Å². The van der Waals surface area contributed by atoms with Gasteiger partial charge in [0.25, 0.3) is 0 Å². The first-order valence-electron chi connectivity index (χ1n) is 11.2. The molecule has 0 aromatic rings. The molecule has 186 valence electrons. The average molecular weight is 460 g/mol. The third-order valence-electron chi connectivity index (χ3n) is 5.24. The highest BCUT2D eigenvalue weighted by Crippen LogP contribution is 2.12. The van der Waals surface area contributed by atoms with Gasteiger partial charge in [0.15, 0.2) is 0 Å². The monoisotopic (exact) mass is 459 g/mol. The van der Waals surface area contributed by atoms with Crippen molar-refractivity contribution < 1.29 is 29.4 Å². The van der Waals surface area contributed by atoms with Gasteiger partial charge in [0.2, 0.25) is 17.7 Å². The van der Waals surface area contributed by atoms with Crippen LogP contribution in [-0.4, -0.2) is 71.2 Å². The molecule has 9 N–H and O–H groups in total. The van der Waals surface area contributed by atoms with Crippen LogP contribution in [0.1, 0.15) is 59.8 Å². The SMILES string of the molecule is CCC(C)C(NC(=O)C(N)CCCCN)C(=O)NC(CC(C)C)C(=O)NC(CO)C(=O)O. The molecule has 11 heteroatoms. The van der Waals surface area contributed by atoms with Gasteiger partial charge in [-0.2, -0.15) is 0 Å². The fourth-order valence-corrected chi connectivity index (χ4v) is 3.02. The van der Waals surface area contributed by atoms with E-state index in [1.54, 1.807) is 6.92 Å². The molecule has 32 heavy (non-hydrogen) atoms. The highest BCUT2D eigenvalue weighted by molar-refractivity contribution is 5.94. The molecule has 3 amide bonds. The van der Waals surface area contributed by atoms with Crippen molar-refractivity contribution in [1.82, 2.24) is 16.0 Å². The van der Waals surface area contributed by atoms with Crippen molar-refractivity contribution in [3.05, 3.63) is 0 Å². The number of aliphatic hydroxyl groups excluding tert-OH is 1. The summed E-state index contributed by atoms with van der Waals surface area (Å²) >= 11 is 0. The Morgan fingerprint density at radius 3 is 1.97 bits per heavy atom. The normalized spacial score (nSPS) is 15.9. The molecule has 0 aliphatic carbocycles. The number of aliphatic carboxylic acids is 1. The maximum atomic E-state index is 13.0. The third-order valence-corrected chi connectivity index (χ3v) is 5.24. The van der Waals surface area contributed by atoms with E-state index in [9.17, 15) is 19.2 Å². The van der Waals surface area contributed by atoms with Crippen LogP contribution in [0.5, 0.6) is 0 Å². The number of carbonyl (C=O) groups is 4. The Labute approximate surface area is 190 Å². The molecule has 0 aliphatic rings. The number of hydrogen-bond acceptors (Lipinski definition) is 7. The van der Waals surface area contributed by atoms with Gasteiger partial charge in [-0.1, -0.05) is 40.5 Å². The lowest BCUT2D eigenvalue weighted by molar-refractivity contribution is -0.143. The molecule has 0 bridgehead atoms. The predicted molar refractivity (Wildman–Crippen MR) is 120 cm³/mol. The summed E-state index contributed by atoms with van der Waals surface area (Å²) in [5.74, 6) is -3.35. The van der Waals surface area contributed by atoms with Crippen molar-refractivity contribution in [3.8, 4) is 0 Å². The number of amides is 3. The summed E-state index contributed by atoms with van der Waals surface area (Å²) in [4.78, 5) is 49.3. The average Bonchev–Trinajstić information content (AvgIpc) is 2.73. The second kappa shape index (κ2) is 15.5. The molecule has 0 rings (SSSR count). The van der Waals surface area contributed by atoms with Crippen molar-refractivity contribution in [2.45, 2.75) is 84.0 Å². The zero-order valence-corrected chi connectivity index (χ0v) is 19.6. The number of carboxylic acids is 1. The third kappa shape index (κ3) is 10.9. The van der Waals surface area contributed by atoms with Crippen LogP contribution in [0.15, 0.2) is 0 Å². The fraction of sp³-hybridized carbons (Fsp3) is 0.810. The van der Waals surface area contributed by atoms with Crippen molar-refractivity contribution in [2.75, 3.05) is 13.2 Å². The molecule has 0 radical (unpaired) electrons. The summed E-state index contributed by atoms with van der Waals surface area (Å²) in [6, 6.07) is -4.21. The van der Waals surface area contributed by atoms with Gasteiger partial charge >= 0.3 is 5.97 Å². The van der Waals surface area contributed by atoms with E-state index in [0.29, 0.717) is 25.8 Å². The maximum Gasteiger partial charge on any atom is 0.328 e. The molecule has 0 spiro atoms. The van der Waals surface area contributed by atoms with E-state index >= 15 is 0 Å². The van der Waals surface area contributed by atoms with E-state index in [0.717, 1.165) is 6.42 Å². The molecular weight excluding hydrogens is 418 g/mol. The van der Waals surface area contributed by atoms with Crippen LogP contribution in [-0.2, 0) is 19.2 Å². The Hall–Kier alpha value is -2.24. The van der Waals surface area contributed by atoms with Crippen molar-refractivity contribution in [3.63, 3.8) is 0 Å². The van der Waals surface area contributed by atoms with Crippen molar-refractivity contribution in [2.24, 2.45) is 23.3 Å². The Kier molecular flexibility index (Phi) is 14.5. The summed E-state index contributed by atoms with van der Waals surface area (Å²) in [6.45, 7) is 7.09. The predicted octanol–water partition coefficient (Wildman–Crippen LogP) is -0.934. The summed E-state index contributed by atoms with van der Waals surface area (Å²) < 4.78 is 0.